The lowest BCUT2D eigenvalue weighted by molar-refractivity contribution is -0.0500. The number of carbonyl (C=O) groups excluding carboxylic acids is 1. The minimum atomic E-state index is -2.93. The molecule has 0 saturated carbocycles. The molecule has 13 heavy (non-hydrogen) atoms. The van der Waals surface area contributed by atoms with Crippen molar-refractivity contribution in [3.63, 3.8) is 0 Å². The number of halogens is 2. The summed E-state index contributed by atoms with van der Waals surface area (Å²) in [6.07, 6.45) is 0. The van der Waals surface area contributed by atoms with E-state index in [1.165, 1.54) is 18.6 Å². The largest absolute Gasteiger partial charge is 0.465 e. The van der Waals surface area contributed by atoms with Crippen LogP contribution in [-0.2, 0) is 4.74 Å². The predicted molar refractivity (Wildman–Crippen MR) is 42.3 cm³/mol. The molecule has 0 N–H and O–H groups in total. The van der Waals surface area contributed by atoms with Crippen LogP contribution in [0.2, 0.25) is 0 Å². The first kappa shape index (κ1) is 9.91. The summed E-state index contributed by atoms with van der Waals surface area (Å²) in [5.41, 5.74) is 0. The molecule has 0 aliphatic rings. The fourth-order valence-electron chi connectivity index (χ4n) is 0.728. The van der Waals surface area contributed by atoms with E-state index in [1.807, 2.05) is 0 Å². The molecule has 0 spiro atoms. The maximum atomic E-state index is 11.8. The second-order valence-corrected chi connectivity index (χ2v) is 2.90. The molecular weight excluding hydrogens is 202 g/mol. The van der Waals surface area contributed by atoms with E-state index >= 15 is 0 Å². The molecule has 0 saturated heterocycles. The number of thiophene rings is 1. The van der Waals surface area contributed by atoms with E-state index in [9.17, 15) is 13.6 Å². The lowest BCUT2D eigenvalue weighted by Gasteiger charge is -2.03. The molecule has 1 heterocycles. The number of carbonyl (C=O) groups is 1. The first-order valence-electron chi connectivity index (χ1n) is 3.25. The smallest absolute Gasteiger partial charge is 0.387 e. The number of ether oxygens (including phenoxy) is 2. The van der Waals surface area contributed by atoms with Gasteiger partial charge in [0.2, 0.25) is 0 Å². The van der Waals surface area contributed by atoms with Gasteiger partial charge in [-0.15, -0.1) is 11.3 Å². The first-order valence-corrected chi connectivity index (χ1v) is 4.13. The molecule has 0 aliphatic carbocycles. The summed E-state index contributed by atoms with van der Waals surface area (Å²) >= 11 is 0.991. The Morgan fingerprint density at radius 3 is 2.85 bits per heavy atom. The Hall–Kier alpha value is -1.17. The monoisotopic (exact) mass is 208 g/mol. The number of hydrogen-bond acceptors (Lipinski definition) is 4. The lowest BCUT2D eigenvalue weighted by atomic mass is 10.4. The molecule has 3 nitrogen and oxygen atoms in total. The van der Waals surface area contributed by atoms with Gasteiger partial charge in [0.1, 0.15) is 0 Å². The topological polar surface area (TPSA) is 35.5 Å². The van der Waals surface area contributed by atoms with Crippen molar-refractivity contribution in [1.29, 1.82) is 0 Å². The van der Waals surface area contributed by atoms with Crippen molar-refractivity contribution >= 4 is 17.3 Å². The van der Waals surface area contributed by atoms with Gasteiger partial charge in [0.05, 0.1) is 7.11 Å². The van der Waals surface area contributed by atoms with E-state index < -0.39 is 12.6 Å². The van der Waals surface area contributed by atoms with Gasteiger partial charge in [-0.1, -0.05) is 0 Å². The third-order valence-corrected chi connectivity index (χ3v) is 2.09. The second kappa shape index (κ2) is 4.18. The van der Waals surface area contributed by atoms with Gasteiger partial charge in [0.15, 0.2) is 10.6 Å². The number of esters is 1. The molecule has 0 amide bonds. The Bertz CT molecular complexity index is 298. The van der Waals surface area contributed by atoms with Crippen molar-refractivity contribution < 1.29 is 23.0 Å². The van der Waals surface area contributed by atoms with Crippen molar-refractivity contribution in [2.24, 2.45) is 0 Å². The summed E-state index contributed by atoms with van der Waals surface area (Å²) < 4.78 is 32.0. The quantitative estimate of drug-likeness (QED) is 0.714. The highest BCUT2D eigenvalue weighted by molar-refractivity contribution is 7.12. The first-order chi connectivity index (χ1) is 6.15. The third kappa shape index (κ3) is 2.38. The van der Waals surface area contributed by atoms with E-state index in [1.54, 1.807) is 0 Å². The van der Waals surface area contributed by atoms with Crippen molar-refractivity contribution in [3.8, 4) is 5.75 Å². The van der Waals surface area contributed by atoms with Gasteiger partial charge in [-0.05, 0) is 11.4 Å². The zero-order valence-electron chi connectivity index (χ0n) is 6.62. The van der Waals surface area contributed by atoms with Crippen LogP contribution in [-0.4, -0.2) is 19.7 Å². The number of alkyl halides is 2. The van der Waals surface area contributed by atoms with Crippen LogP contribution in [0.4, 0.5) is 8.78 Å². The summed E-state index contributed by atoms with van der Waals surface area (Å²) in [6, 6.07) is 1.29. The standard InChI is InChI=1S/C7H6F2O3S/c1-11-6(10)5-4(2-3-13-5)12-7(8)9/h2-3,7H,1H3. The number of methoxy groups -OCH3 is 1. The molecule has 1 aromatic rings. The second-order valence-electron chi connectivity index (χ2n) is 1.98. The maximum absolute atomic E-state index is 11.8. The molecule has 0 unspecified atom stereocenters. The highest BCUT2D eigenvalue weighted by Gasteiger charge is 2.17. The van der Waals surface area contributed by atoms with E-state index in [0.717, 1.165) is 11.3 Å². The lowest BCUT2D eigenvalue weighted by Crippen LogP contribution is -2.06. The number of hydrogen-bond donors (Lipinski definition) is 0. The van der Waals surface area contributed by atoms with Crippen LogP contribution in [0.5, 0.6) is 5.75 Å². The Morgan fingerprint density at radius 2 is 2.31 bits per heavy atom. The molecule has 0 atom stereocenters. The van der Waals surface area contributed by atoms with Gasteiger partial charge >= 0.3 is 12.6 Å². The normalized spacial score (nSPS) is 10.2. The van der Waals surface area contributed by atoms with E-state index in [-0.39, 0.29) is 10.6 Å². The predicted octanol–water partition coefficient (Wildman–Crippen LogP) is 2.14. The average Bonchev–Trinajstić information content (AvgIpc) is 2.50. The van der Waals surface area contributed by atoms with Gasteiger partial charge in [-0.25, -0.2) is 4.79 Å². The summed E-state index contributed by atoms with van der Waals surface area (Å²) in [5, 5.41) is 1.48. The third-order valence-electron chi connectivity index (χ3n) is 1.22. The fourth-order valence-corrected chi connectivity index (χ4v) is 1.47. The highest BCUT2D eigenvalue weighted by atomic mass is 32.1. The van der Waals surface area contributed by atoms with Crippen LogP contribution in [0.3, 0.4) is 0 Å². The van der Waals surface area contributed by atoms with Crippen LogP contribution in [0, 0.1) is 0 Å². The van der Waals surface area contributed by atoms with E-state index in [0.29, 0.717) is 0 Å². The zero-order valence-corrected chi connectivity index (χ0v) is 7.44. The van der Waals surface area contributed by atoms with Crippen LogP contribution in [0.1, 0.15) is 9.67 Å². The average molecular weight is 208 g/mol. The van der Waals surface area contributed by atoms with Crippen molar-refractivity contribution in [1.82, 2.24) is 0 Å². The molecule has 0 radical (unpaired) electrons. The molecule has 0 aromatic carbocycles. The molecule has 1 rings (SSSR count). The minimum Gasteiger partial charge on any atom is -0.465 e. The zero-order chi connectivity index (χ0) is 9.84. The molecule has 0 bridgehead atoms. The summed E-state index contributed by atoms with van der Waals surface area (Å²) in [5.74, 6) is -0.822. The van der Waals surface area contributed by atoms with Gasteiger partial charge in [0, 0.05) is 0 Å². The Balaban J connectivity index is 2.83. The minimum absolute atomic E-state index is 0.0443. The van der Waals surface area contributed by atoms with E-state index in [4.69, 9.17) is 0 Å². The van der Waals surface area contributed by atoms with Crippen LogP contribution in [0.15, 0.2) is 11.4 Å². The highest BCUT2D eigenvalue weighted by Crippen LogP contribution is 2.26. The van der Waals surface area contributed by atoms with Gasteiger partial charge in [-0.3, -0.25) is 0 Å². The van der Waals surface area contributed by atoms with Gasteiger partial charge in [0.25, 0.3) is 0 Å². The van der Waals surface area contributed by atoms with Crippen LogP contribution in [0.25, 0.3) is 0 Å². The molecule has 0 aliphatic heterocycles. The molecule has 6 heteroatoms. The van der Waals surface area contributed by atoms with Crippen LogP contribution >= 0.6 is 11.3 Å². The summed E-state index contributed by atoms with van der Waals surface area (Å²) in [7, 11) is 1.17. The van der Waals surface area contributed by atoms with Gasteiger partial charge in [-0.2, -0.15) is 8.78 Å². The van der Waals surface area contributed by atoms with Crippen molar-refractivity contribution in [2.45, 2.75) is 6.61 Å². The summed E-state index contributed by atoms with van der Waals surface area (Å²) in [4.78, 5) is 11.0. The Morgan fingerprint density at radius 1 is 1.62 bits per heavy atom. The molecule has 1 aromatic heterocycles. The van der Waals surface area contributed by atoms with Crippen molar-refractivity contribution in [3.05, 3.63) is 16.3 Å². The van der Waals surface area contributed by atoms with Crippen molar-refractivity contribution in [2.75, 3.05) is 7.11 Å². The maximum Gasteiger partial charge on any atom is 0.387 e. The van der Waals surface area contributed by atoms with E-state index in [2.05, 4.69) is 9.47 Å². The molecular formula is C7H6F2O3S. The molecule has 72 valence electrons. The SMILES string of the molecule is COC(=O)c1sccc1OC(F)F. The Kier molecular flexibility index (Phi) is 3.18. The summed E-state index contributed by atoms with van der Waals surface area (Å²) in [6.45, 7) is -2.93. The molecule has 0 fully saturated rings. The fraction of sp³-hybridized carbons (Fsp3) is 0.286. The number of rotatable bonds is 3. The van der Waals surface area contributed by atoms with Gasteiger partial charge < -0.3 is 9.47 Å². The van der Waals surface area contributed by atoms with Crippen LogP contribution < -0.4 is 4.74 Å². The Labute approximate surface area is 76.9 Å².